The molecule has 2 aromatic rings. The number of piperidine rings is 1. The highest BCUT2D eigenvalue weighted by molar-refractivity contribution is 5.89. The second kappa shape index (κ2) is 4.84. The number of anilines is 1. The predicted octanol–water partition coefficient (Wildman–Crippen LogP) is 1.33. The number of pyridine rings is 2. The van der Waals surface area contributed by atoms with Gasteiger partial charge in [-0.2, -0.15) is 0 Å². The summed E-state index contributed by atoms with van der Waals surface area (Å²) in [6.45, 7) is 1.70. The number of hydrogen-bond acceptors (Lipinski definition) is 4. The molecule has 19 heavy (non-hydrogen) atoms. The van der Waals surface area contributed by atoms with E-state index in [0.29, 0.717) is 0 Å². The van der Waals surface area contributed by atoms with Gasteiger partial charge in [0.2, 0.25) is 5.91 Å². The van der Waals surface area contributed by atoms with E-state index in [2.05, 4.69) is 14.9 Å². The lowest BCUT2D eigenvalue weighted by Crippen LogP contribution is -2.38. The Hall–Kier alpha value is -2.17. The number of primary amides is 1. The summed E-state index contributed by atoms with van der Waals surface area (Å²) in [5.74, 6) is -0.164. The van der Waals surface area contributed by atoms with E-state index in [0.717, 1.165) is 42.7 Å². The summed E-state index contributed by atoms with van der Waals surface area (Å²) in [6, 6.07) is 5.96. The molecule has 1 aliphatic heterocycles. The third-order valence-corrected chi connectivity index (χ3v) is 3.73. The van der Waals surface area contributed by atoms with Crippen LogP contribution in [0.25, 0.3) is 11.0 Å². The molecule has 0 unspecified atom stereocenters. The summed E-state index contributed by atoms with van der Waals surface area (Å²) in [5, 5.41) is 1.06. The van der Waals surface area contributed by atoms with E-state index in [1.165, 1.54) is 0 Å². The topological polar surface area (TPSA) is 72.1 Å². The van der Waals surface area contributed by atoms with Crippen molar-refractivity contribution in [3.05, 3.63) is 30.6 Å². The van der Waals surface area contributed by atoms with E-state index in [1.54, 1.807) is 12.4 Å². The maximum atomic E-state index is 11.2. The average molecular weight is 256 g/mol. The van der Waals surface area contributed by atoms with Gasteiger partial charge in [0, 0.05) is 42.5 Å². The molecule has 2 N–H and O–H groups in total. The molecular formula is C14H16N4O. The van der Waals surface area contributed by atoms with Crippen LogP contribution in [-0.2, 0) is 4.79 Å². The first kappa shape index (κ1) is 11.9. The molecule has 0 aliphatic carbocycles. The average Bonchev–Trinajstić information content (AvgIpc) is 2.47. The van der Waals surface area contributed by atoms with E-state index in [-0.39, 0.29) is 11.8 Å². The molecule has 0 bridgehead atoms. The van der Waals surface area contributed by atoms with Gasteiger partial charge < -0.3 is 10.6 Å². The van der Waals surface area contributed by atoms with Crippen LogP contribution in [0.2, 0.25) is 0 Å². The zero-order chi connectivity index (χ0) is 13.2. The summed E-state index contributed by atoms with van der Waals surface area (Å²) in [7, 11) is 0. The lowest BCUT2D eigenvalue weighted by atomic mass is 9.96. The van der Waals surface area contributed by atoms with Crippen LogP contribution in [0, 0.1) is 5.92 Å². The van der Waals surface area contributed by atoms with Crippen LogP contribution in [0.4, 0.5) is 5.69 Å². The number of hydrogen-bond donors (Lipinski definition) is 1. The fraction of sp³-hybridized carbons (Fsp3) is 0.357. The van der Waals surface area contributed by atoms with Gasteiger partial charge in [-0.3, -0.25) is 4.79 Å². The van der Waals surface area contributed by atoms with Crippen LogP contribution in [0.1, 0.15) is 12.8 Å². The molecule has 3 rings (SSSR count). The first-order valence-electron chi connectivity index (χ1n) is 6.49. The van der Waals surface area contributed by atoms with Gasteiger partial charge in [0.25, 0.3) is 0 Å². The molecule has 5 nitrogen and oxygen atoms in total. The lowest BCUT2D eigenvalue weighted by Gasteiger charge is -2.32. The van der Waals surface area contributed by atoms with Crippen LogP contribution >= 0.6 is 0 Å². The number of nitrogens with zero attached hydrogens (tertiary/aromatic N) is 3. The lowest BCUT2D eigenvalue weighted by molar-refractivity contribution is -0.122. The molecule has 1 amide bonds. The smallest absolute Gasteiger partial charge is 0.220 e. The number of carbonyl (C=O) groups excluding carboxylic acids is 1. The number of fused-ring (bicyclic) bond motifs is 1. The van der Waals surface area contributed by atoms with E-state index < -0.39 is 0 Å². The summed E-state index contributed by atoms with van der Waals surface area (Å²) >= 11 is 0. The van der Waals surface area contributed by atoms with Crippen molar-refractivity contribution < 1.29 is 4.79 Å². The molecule has 0 saturated carbocycles. The maximum Gasteiger partial charge on any atom is 0.220 e. The predicted molar refractivity (Wildman–Crippen MR) is 73.7 cm³/mol. The first-order valence-corrected chi connectivity index (χ1v) is 6.49. The Morgan fingerprint density at radius 2 is 1.95 bits per heavy atom. The van der Waals surface area contributed by atoms with Crippen molar-refractivity contribution in [3.8, 4) is 0 Å². The van der Waals surface area contributed by atoms with Crippen LogP contribution in [0.3, 0.4) is 0 Å². The summed E-state index contributed by atoms with van der Waals surface area (Å²) < 4.78 is 0. The Morgan fingerprint density at radius 1 is 1.21 bits per heavy atom. The van der Waals surface area contributed by atoms with Gasteiger partial charge >= 0.3 is 0 Å². The Morgan fingerprint density at radius 3 is 2.68 bits per heavy atom. The molecule has 3 heterocycles. The summed E-state index contributed by atoms with van der Waals surface area (Å²) in [6.07, 6.45) is 5.17. The van der Waals surface area contributed by atoms with Crippen LogP contribution in [0.5, 0.6) is 0 Å². The number of carbonyl (C=O) groups is 1. The number of nitrogens with two attached hydrogens (primary N) is 1. The number of rotatable bonds is 2. The van der Waals surface area contributed by atoms with Gasteiger partial charge in [0.1, 0.15) is 0 Å². The van der Waals surface area contributed by atoms with Gasteiger partial charge in [-0.25, -0.2) is 9.97 Å². The third-order valence-electron chi connectivity index (χ3n) is 3.73. The van der Waals surface area contributed by atoms with Crippen LogP contribution in [-0.4, -0.2) is 29.0 Å². The minimum Gasteiger partial charge on any atom is -0.371 e. The Kier molecular flexibility index (Phi) is 3.03. The quantitative estimate of drug-likeness (QED) is 0.880. The molecule has 1 aliphatic rings. The second-order valence-electron chi connectivity index (χ2n) is 4.87. The Bertz CT molecular complexity index is 600. The zero-order valence-corrected chi connectivity index (χ0v) is 10.6. The molecule has 0 aromatic carbocycles. The standard InChI is InChI=1S/C14H16N4O/c15-13(19)10-4-8-18(9-5-10)12-3-7-17-14-11(12)2-1-6-16-14/h1-3,6-7,10H,4-5,8-9H2,(H2,15,19). The molecule has 0 spiro atoms. The van der Waals surface area contributed by atoms with Crippen molar-refractivity contribution in [2.75, 3.05) is 18.0 Å². The minimum absolute atomic E-state index is 0.0162. The first-order chi connectivity index (χ1) is 9.25. The molecule has 0 atom stereocenters. The van der Waals surface area contributed by atoms with Crippen LogP contribution in [0.15, 0.2) is 30.6 Å². The molecule has 2 aromatic heterocycles. The molecule has 1 saturated heterocycles. The minimum atomic E-state index is -0.180. The van der Waals surface area contributed by atoms with Crippen molar-refractivity contribution >= 4 is 22.6 Å². The van der Waals surface area contributed by atoms with Gasteiger partial charge in [0.15, 0.2) is 5.65 Å². The number of aromatic nitrogens is 2. The number of amides is 1. The monoisotopic (exact) mass is 256 g/mol. The maximum absolute atomic E-state index is 11.2. The normalized spacial score (nSPS) is 16.7. The van der Waals surface area contributed by atoms with E-state index in [9.17, 15) is 4.79 Å². The SMILES string of the molecule is NC(=O)C1CCN(c2ccnc3ncccc23)CC1. The zero-order valence-electron chi connectivity index (χ0n) is 10.6. The van der Waals surface area contributed by atoms with Crippen molar-refractivity contribution in [1.29, 1.82) is 0 Å². The van der Waals surface area contributed by atoms with Crippen molar-refractivity contribution in [1.82, 2.24) is 9.97 Å². The largest absolute Gasteiger partial charge is 0.371 e. The Labute approximate surface area is 111 Å². The fourth-order valence-electron chi connectivity index (χ4n) is 2.65. The van der Waals surface area contributed by atoms with Crippen molar-refractivity contribution in [3.63, 3.8) is 0 Å². The van der Waals surface area contributed by atoms with Crippen LogP contribution < -0.4 is 10.6 Å². The Balaban J connectivity index is 1.88. The molecule has 98 valence electrons. The highest BCUT2D eigenvalue weighted by atomic mass is 16.1. The molecule has 0 radical (unpaired) electrons. The highest BCUT2D eigenvalue weighted by Crippen LogP contribution is 2.28. The van der Waals surface area contributed by atoms with Crippen molar-refractivity contribution in [2.24, 2.45) is 11.7 Å². The third kappa shape index (κ3) is 2.23. The van der Waals surface area contributed by atoms with E-state index in [4.69, 9.17) is 5.73 Å². The molecule has 5 heteroatoms. The van der Waals surface area contributed by atoms with Gasteiger partial charge in [-0.15, -0.1) is 0 Å². The van der Waals surface area contributed by atoms with E-state index >= 15 is 0 Å². The summed E-state index contributed by atoms with van der Waals surface area (Å²) in [4.78, 5) is 22.0. The second-order valence-corrected chi connectivity index (χ2v) is 4.87. The molecular weight excluding hydrogens is 240 g/mol. The van der Waals surface area contributed by atoms with Gasteiger partial charge in [0.05, 0.1) is 0 Å². The van der Waals surface area contributed by atoms with Gasteiger partial charge in [-0.05, 0) is 31.0 Å². The fourth-order valence-corrected chi connectivity index (χ4v) is 2.65. The van der Waals surface area contributed by atoms with Crippen molar-refractivity contribution in [2.45, 2.75) is 12.8 Å². The summed E-state index contributed by atoms with van der Waals surface area (Å²) in [5.41, 5.74) is 7.27. The van der Waals surface area contributed by atoms with E-state index in [1.807, 2.05) is 18.2 Å². The molecule has 1 fully saturated rings. The van der Waals surface area contributed by atoms with Gasteiger partial charge in [-0.1, -0.05) is 0 Å². The highest BCUT2D eigenvalue weighted by Gasteiger charge is 2.24.